The Morgan fingerprint density at radius 1 is 1.42 bits per heavy atom. The van der Waals surface area contributed by atoms with Crippen LogP contribution < -0.4 is 5.32 Å². The molecule has 0 aliphatic carbocycles. The molecule has 1 N–H and O–H groups in total. The van der Waals surface area contributed by atoms with E-state index in [2.05, 4.69) is 5.32 Å². The molecule has 1 nitrogen and oxygen atoms in total. The van der Waals surface area contributed by atoms with Crippen LogP contribution in [0.15, 0.2) is 0 Å². The van der Waals surface area contributed by atoms with Gasteiger partial charge in [-0.05, 0) is 6.26 Å². The van der Waals surface area contributed by atoms with E-state index in [1.165, 1.54) is 0 Å². The molecule has 12 heavy (non-hydrogen) atoms. The molecule has 0 aromatic carbocycles. The lowest BCUT2D eigenvalue weighted by molar-refractivity contribution is -0.133. The monoisotopic (exact) mass is 201 g/mol. The number of hydrogen-bond acceptors (Lipinski definition) is 2. The van der Waals surface area contributed by atoms with Crippen LogP contribution in [-0.4, -0.2) is 30.8 Å². The number of thioether (sulfide) groups is 1. The van der Waals surface area contributed by atoms with Gasteiger partial charge in [-0.1, -0.05) is 6.92 Å². The van der Waals surface area contributed by atoms with Gasteiger partial charge < -0.3 is 5.32 Å². The summed E-state index contributed by atoms with van der Waals surface area (Å²) in [4.78, 5) is 0. The predicted octanol–water partition coefficient (Wildman–Crippen LogP) is 2.28. The van der Waals surface area contributed by atoms with Crippen LogP contribution in [0.3, 0.4) is 0 Å². The maximum absolute atomic E-state index is 11.6. The van der Waals surface area contributed by atoms with Crippen LogP contribution in [0, 0.1) is 0 Å². The van der Waals surface area contributed by atoms with Crippen molar-refractivity contribution in [2.24, 2.45) is 0 Å². The summed E-state index contributed by atoms with van der Waals surface area (Å²) >= 11 is 1.64. The minimum Gasteiger partial charge on any atom is -0.315 e. The van der Waals surface area contributed by atoms with Gasteiger partial charge in [0.1, 0.15) is 0 Å². The molecule has 0 saturated heterocycles. The van der Waals surface area contributed by atoms with Crippen LogP contribution in [-0.2, 0) is 0 Å². The van der Waals surface area contributed by atoms with Crippen molar-refractivity contribution in [3.8, 4) is 0 Å². The SMILES string of the molecule is CSC(C)CNCCC(F)(F)F. The molecule has 0 aliphatic rings. The van der Waals surface area contributed by atoms with Crippen LogP contribution in [0.2, 0.25) is 0 Å². The molecular formula is C7H14F3NS. The highest BCUT2D eigenvalue weighted by Gasteiger charge is 2.25. The molecule has 0 rings (SSSR count). The molecule has 1 unspecified atom stereocenters. The fourth-order valence-corrected chi connectivity index (χ4v) is 0.903. The number of rotatable bonds is 5. The fourth-order valence-electron chi connectivity index (χ4n) is 0.619. The van der Waals surface area contributed by atoms with Gasteiger partial charge in [0, 0.05) is 18.3 Å². The molecule has 0 amide bonds. The highest BCUT2D eigenvalue weighted by atomic mass is 32.2. The Hall–Kier alpha value is 0.100. The smallest absolute Gasteiger partial charge is 0.315 e. The maximum Gasteiger partial charge on any atom is 0.390 e. The molecule has 1 atom stereocenters. The molecule has 5 heteroatoms. The van der Waals surface area contributed by atoms with Crippen molar-refractivity contribution in [2.45, 2.75) is 24.8 Å². The predicted molar refractivity (Wildman–Crippen MR) is 46.5 cm³/mol. The summed E-state index contributed by atoms with van der Waals surface area (Å²) in [5, 5.41) is 3.13. The standard InChI is InChI=1S/C7H14F3NS/c1-6(12-2)5-11-4-3-7(8,9)10/h6,11H,3-5H2,1-2H3. The molecule has 0 fully saturated rings. The van der Waals surface area contributed by atoms with Crippen LogP contribution in [0.4, 0.5) is 13.2 Å². The summed E-state index contributed by atoms with van der Waals surface area (Å²) in [5.74, 6) is 0. The lowest BCUT2D eigenvalue weighted by Crippen LogP contribution is -2.26. The average molecular weight is 201 g/mol. The van der Waals surface area contributed by atoms with Gasteiger partial charge in [0.05, 0.1) is 6.42 Å². The average Bonchev–Trinajstić information content (AvgIpc) is 1.96. The molecule has 0 aliphatic heterocycles. The topological polar surface area (TPSA) is 12.0 Å². The second-order valence-electron chi connectivity index (χ2n) is 2.62. The Morgan fingerprint density at radius 3 is 2.42 bits per heavy atom. The molecular weight excluding hydrogens is 187 g/mol. The van der Waals surface area contributed by atoms with Crippen molar-refractivity contribution in [3.63, 3.8) is 0 Å². The zero-order valence-corrected chi connectivity index (χ0v) is 8.06. The lowest BCUT2D eigenvalue weighted by Gasteiger charge is -2.10. The fraction of sp³-hybridized carbons (Fsp3) is 1.00. The van der Waals surface area contributed by atoms with Gasteiger partial charge in [0.25, 0.3) is 0 Å². The normalized spacial score (nSPS) is 14.8. The van der Waals surface area contributed by atoms with Gasteiger partial charge in [-0.25, -0.2) is 0 Å². The summed E-state index contributed by atoms with van der Waals surface area (Å²) < 4.78 is 34.9. The lowest BCUT2D eigenvalue weighted by atomic mass is 10.4. The van der Waals surface area contributed by atoms with E-state index in [4.69, 9.17) is 0 Å². The van der Waals surface area contributed by atoms with Gasteiger partial charge >= 0.3 is 6.18 Å². The minimum absolute atomic E-state index is 0.0222. The Labute approximate surface area is 75.1 Å². The summed E-state index contributed by atoms with van der Waals surface area (Å²) in [6.45, 7) is 2.64. The van der Waals surface area contributed by atoms with Gasteiger partial charge in [0.15, 0.2) is 0 Å². The van der Waals surface area contributed by atoms with Crippen molar-refractivity contribution in [1.82, 2.24) is 5.32 Å². The third-order valence-corrected chi connectivity index (χ3v) is 2.39. The van der Waals surface area contributed by atoms with Crippen molar-refractivity contribution in [3.05, 3.63) is 0 Å². The van der Waals surface area contributed by atoms with Gasteiger partial charge in [-0.2, -0.15) is 24.9 Å². The van der Waals surface area contributed by atoms with E-state index in [0.717, 1.165) is 0 Å². The first kappa shape index (κ1) is 12.1. The number of alkyl halides is 3. The van der Waals surface area contributed by atoms with Crippen molar-refractivity contribution >= 4 is 11.8 Å². The van der Waals surface area contributed by atoms with Crippen molar-refractivity contribution < 1.29 is 13.2 Å². The van der Waals surface area contributed by atoms with Crippen LogP contribution in [0.25, 0.3) is 0 Å². The molecule has 0 radical (unpaired) electrons. The first-order valence-electron chi connectivity index (χ1n) is 3.76. The third-order valence-electron chi connectivity index (χ3n) is 1.42. The van der Waals surface area contributed by atoms with Crippen LogP contribution in [0.1, 0.15) is 13.3 Å². The van der Waals surface area contributed by atoms with Crippen molar-refractivity contribution in [2.75, 3.05) is 19.3 Å². The van der Waals surface area contributed by atoms with Gasteiger partial charge in [-0.3, -0.25) is 0 Å². The first-order chi connectivity index (χ1) is 5.45. The van der Waals surface area contributed by atoms with Crippen LogP contribution >= 0.6 is 11.8 Å². The van der Waals surface area contributed by atoms with E-state index in [1.54, 1.807) is 11.8 Å². The van der Waals surface area contributed by atoms with E-state index in [1.807, 2.05) is 13.2 Å². The molecule has 0 aromatic rings. The van der Waals surface area contributed by atoms with E-state index in [9.17, 15) is 13.2 Å². The van der Waals surface area contributed by atoms with Gasteiger partial charge in [-0.15, -0.1) is 0 Å². The zero-order valence-electron chi connectivity index (χ0n) is 7.24. The van der Waals surface area contributed by atoms with E-state index >= 15 is 0 Å². The molecule has 74 valence electrons. The van der Waals surface area contributed by atoms with E-state index < -0.39 is 12.6 Å². The molecule has 0 bridgehead atoms. The summed E-state index contributed by atoms with van der Waals surface area (Å²) in [5.41, 5.74) is 0. The third kappa shape index (κ3) is 8.20. The second kappa shape index (κ2) is 5.70. The molecule has 0 heterocycles. The Morgan fingerprint density at radius 2 is 2.00 bits per heavy atom. The second-order valence-corrected chi connectivity index (χ2v) is 3.89. The number of hydrogen-bond donors (Lipinski definition) is 1. The van der Waals surface area contributed by atoms with Crippen LogP contribution in [0.5, 0.6) is 0 Å². The Kier molecular flexibility index (Phi) is 5.74. The Bertz CT molecular complexity index is 116. The Balaban J connectivity index is 3.22. The quantitative estimate of drug-likeness (QED) is 0.685. The minimum atomic E-state index is -4.03. The van der Waals surface area contributed by atoms with Crippen molar-refractivity contribution in [1.29, 1.82) is 0 Å². The summed E-state index contributed by atoms with van der Waals surface area (Å²) in [6.07, 6.45) is -2.83. The van der Waals surface area contributed by atoms with E-state index in [0.29, 0.717) is 11.8 Å². The summed E-state index contributed by atoms with van der Waals surface area (Å²) in [7, 11) is 0. The largest absolute Gasteiger partial charge is 0.390 e. The van der Waals surface area contributed by atoms with E-state index in [-0.39, 0.29) is 6.54 Å². The zero-order chi connectivity index (χ0) is 9.61. The number of halogens is 3. The highest BCUT2D eigenvalue weighted by molar-refractivity contribution is 7.99. The summed E-state index contributed by atoms with van der Waals surface area (Å²) in [6, 6.07) is 0. The number of nitrogens with one attached hydrogen (secondary N) is 1. The van der Waals surface area contributed by atoms with Gasteiger partial charge in [0.2, 0.25) is 0 Å². The maximum atomic E-state index is 11.6. The molecule has 0 saturated carbocycles. The highest BCUT2D eigenvalue weighted by Crippen LogP contribution is 2.18. The first-order valence-corrected chi connectivity index (χ1v) is 5.05. The molecule has 0 spiro atoms. The molecule has 0 aromatic heterocycles.